The Labute approximate surface area is 650 Å². The fourth-order valence-corrected chi connectivity index (χ4v) is 18.4. The Balaban J connectivity index is 0.996. The highest BCUT2D eigenvalue weighted by Gasteiger charge is 2.53. The van der Waals surface area contributed by atoms with Crippen molar-refractivity contribution < 1.29 is 9.60 Å². The molecule has 20 rings (SSSR count). The Bertz CT molecular complexity index is 6800. The zero-order valence-electron chi connectivity index (χ0n) is 69.5. The molecule has 2 aliphatic heterocycles. The van der Waals surface area contributed by atoms with Crippen molar-refractivity contribution in [2.24, 2.45) is 0 Å². The molecule has 1 aromatic heterocycles. The molecule has 4 nitrogen and oxygen atoms in total. The molecule has 0 radical (unpaired) electrons. The number of para-hydroxylation sites is 2. The van der Waals surface area contributed by atoms with Crippen LogP contribution in [-0.2, 0) is 21.7 Å². The Morgan fingerprint density at radius 2 is 0.862 bits per heavy atom. The molecule has 3 heterocycles. The molecule has 1 spiro atoms. The lowest BCUT2D eigenvalue weighted by Crippen LogP contribution is -2.61. The van der Waals surface area contributed by atoms with E-state index in [9.17, 15) is 14.9 Å². The van der Waals surface area contributed by atoms with Crippen molar-refractivity contribution in [1.29, 1.82) is 5.26 Å². The maximum absolute atomic E-state index is 10.7. The van der Waals surface area contributed by atoms with Gasteiger partial charge >= 0.3 is 0 Å². The summed E-state index contributed by atoms with van der Waals surface area (Å²) in [5.41, 5.74) is 30.5. The van der Waals surface area contributed by atoms with Gasteiger partial charge in [-0.15, -0.1) is 0 Å². The molecule has 0 saturated heterocycles. The van der Waals surface area contributed by atoms with E-state index in [0.717, 1.165) is 117 Å². The van der Waals surface area contributed by atoms with Gasteiger partial charge in [-0.1, -0.05) is 323 Å². The molecule has 520 valence electrons. The summed E-state index contributed by atoms with van der Waals surface area (Å²) in [6, 6.07) is 104. The molecule has 109 heavy (non-hydrogen) atoms. The Hall–Kier alpha value is -12.7. The van der Waals surface area contributed by atoms with Gasteiger partial charge in [0.25, 0.3) is 6.71 Å². The summed E-state index contributed by atoms with van der Waals surface area (Å²) in [6.07, 6.45) is 0. The number of hydrogen-bond donors (Lipinski definition) is 0. The first-order valence-corrected chi connectivity index (χ1v) is 37.9. The average Bonchev–Trinajstić information content (AvgIpc) is 1.37. The van der Waals surface area contributed by atoms with E-state index in [1.807, 2.05) is 12.1 Å². The first-order valence-electron chi connectivity index (χ1n) is 41.4. The first kappa shape index (κ1) is 58.4. The number of fused-ring (bicyclic) bond motifs is 17. The van der Waals surface area contributed by atoms with Crippen LogP contribution in [0, 0.1) is 11.3 Å². The van der Waals surface area contributed by atoms with Crippen molar-refractivity contribution in [3.63, 3.8) is 0 Å². The topological polar surface area (TPSA) is 35.2 Å². The summed E-state index contributed by atoms with van der Waals surface area (Å²) >= 11 is 0. The van der Waals surface area contributed by atoms with Crippen LogP contribution in [0.3, 0.4) is 0 Å². The smallest absolute Gasteiger partial charge is 0.252 e. The number of rotatable bonds is 8. The molecule has 0 fully saturated rings. The molecular weight excluding hydrogens is 1320 g/mol. The lowest BCUT2D eigenvalue weighted by atomic mass is 9.33. The van der Waals surface area contributed by atoms with Gasteiger partial charge < -0.3 is 14.4 Å². The quantitative estimate of drug-likeness (QED) is 0.142. The van der Waals surface area contributed by atoms with Gasteiger partial charge in [-0.25, -0.2) is 0 Å². The van der Waals surface area contributed by atoms with Crippen LogP contribution in [0.4, 0.5) is 34.1 Å². The largest absolute Gasteiger partial charge is 0.311 e. The molecule has 0 bridgehead atoms. The highest BCUT2D eigenvalue weighted by molar-refractivity contribution is 7.00. The SMILES string of the molecule is [2H]c1c([2H])c([2H])c2c(c1[2H])c1c([2H])c(C#N)c([2H])c([2H])c1n2-c1ccc2c(c1)N(c1ccc(C(C)(C)C)cc1-c1ccccc1)c1cc(-c3cccc4c3C3(c5ccccc5-c5ccccc53)c3ccccc3-4)cc3c1B2c1cc(-c2cc(C(C)(C)C)cc(C(C)(C)C)c2)ccc1N3c1c(-c2ccccc2)cccc1-c1ccccc1. The van der Waals surface area contributed by atoms with Crippen LogP contribution in [0.25, 0.3) is 105 Å². The number of hydrogen-bond acceptors (Lipinski definition) is 3. The first-order chi connectivity index (χ1) is 55.9. The van der Waals surface area contributed by atoms with Gasteiger partial charge in [0, 0.05) is 55.9 Å². The second-order valence-electron chi connectivity index (χ2n) is 32.9. The molecule has 0 N–H and O–H groups in total. The van der Waals surface area contributed by atoms with Gasteiger partial charge in [0.05, 0.1) is 49.1 Å². The molecule has 2 aliphatic carbocycles. The maximum Gasteiger partial charge on any atom is 0.252 e. The zero-order chi connectivity index (χ0) is 80.1. The summed E-state index contributed by atoms with van der Waals surface area (Å²) in [5, 5.41) is 10.7. The predicted molar refractivity (Wildman–Crippen MR) is 459 cm³/mol. The van der Waals surface area contributed by atoms with E-state index < -0.39 is 36.3 Å². The van der Waals surface area contributed by atoms with E-state index in [1.165, 1.54) is 50.1 Å². The van der Waals surface area contributed by atoms with Crippen LogP contribution in [0.15, 0.2) is 327 Å². The standard InChI is InChI=1S/C104H81BN4/c1-101(2,3)72-49-54-92(84(62-72)68-33-17-12-18-34-68)108-95-63-75(107-91-46-26-22-38-82(91)85-55-65(64-106)47-52-93(85)107)50-51-89(95)105-90-58-69(70-56-73(102(4,5)6)61-74(57-70)103(7,8)9)48-53-94(90)109(100-77(66-29-13-10-14-30-66)40-28-41-78(100)67-31-15-11-16-32-67)97-60-71(59-96(108)99(97)105)76-39-27-42-83-81-37-21-25-45-88(81)104(98(76)83)86-43-23-19-35-79(86)80-36-20-24-44-87(80)104/h10-63H,1-9H3/i22D,26D,38D,46D,47D,52D,55D. The number of anilines is 6. The van der Waals surface area contributed by atoms with Gasteiger partial charge in [-0.3, -0.25) is 0 Å². The van der Waals surface area contributed by atoms with Gasteiger partial charge in [-0.2, -0.15) is 5.26 Å². The normalized spacial score (nSPS) is 14.5. The summed E-state index contributed by atoms with van der Waals surface area (Å²) in [5.74, 6) is 0. The fourth-order valence-electron chi connectivity index (χ4n) is 18.4. The highest BCUT2D eigenvalue weighted by Crippen LogP contribution is 2.65. The minimum Gasteiger partial charge on any atom is -0.311 e. The van der Waals surface area contributed by atoms with Crippen molar-refractivity contribution >= 4 is 79.0 Å². The van der Waals surface area contributed by atoms with Gasteiger partial charge in [-0.05, 0) is 199 Å². The van der Waals surface area contributed by atoms with Crippen LogP contribution in [0.1, 0.15) is 116 Å². The lowest BCUT2D eigenvalue weighted by Gasteiger charge is -2.46. The van der Waals surface area contributed by atoms with Crippen LogP contribution >= 0.6 is 0 Å². The summed E-state index contributed by atoms with van der Waals surface area (Å²) in [4.78, 5) is 5.04. The minimum absolute atomic E-state index is 0.00431. The van der Waals surface area contributed by atoms with Crippen LogP contribution in [-0.4, -0.2) is 11.3 Å². The third kappa shape index (κ3) is 10.0. The molecule has 0 saturated carbocycles. The number of benzene rings is 15. The van der Waals surface area contributed by atoms with Gasteiger partial charge in [0.2, 0.25) is 0 Å². The Morgan fingerprint density at radius 1 is 0.349 bits per heavy atom. The second-order valence-corrected chi connectivity index (χ2v) is 32.9. The second kappa shape index (κ2) is 24.4. The summed E-state index contributed by atoms with van der Waals surface area (Å²) < 4.78 is 69.1. The number of aromatic nitrogens is 1. The minimum atomic E-state index is -0.768. The van der Waals surface area contributed by atoms with Crippen molar-refractivity contribution in [2.45, 2.75) is 84.0 Å². The van der Waals surface area contributed by atoms with Crippen molar-refractivity contribution in [1.82, 2.24) is 4.57 Å². The van der Waals surface area contributed by atoms with E-state index in [1.54, 1.807) is 4.57 Å². The molecule has 0 atom stereocenters. The third-order valence-corrected chi connectivity index (χ3v) is 23.5. The van der Waals surface area contributed by atoms with Crippen LogP contribution in [0.5, 0.6) is 0 Å². The number of nitrogens with zero attached hydrogens (tertiary/aromatic N) is 4. The van der Waals surface area contributed by atoms with Crippen molar-refractivity contribution in [3.05, 3.63) is 372 Å². The lowest BCUT2D eigenvalue weighted by molar-refractivity contribution is 0.569. The van der Waals surface area contributed by atoms with E-state index in [2.05, 4.69) is 351 Å². The molecule has 0 amide bonds. The monoisotopic (exact) mass is 1400 g/mol. The zero-order valence-corrected chi connectivity index (χ0v) is 62.5. The molecule has 16 aromatic rings. The van der Waals surface area contributed by atoms with Crippen LogP contribution < -0.4 is 26.2 Å². The summed E-state index contributed by atoms with van der Waals surface area (Å²) in [6.45, 7) is 19.9. The van der Waals surface area contributed by atoms with E-state index in [4.69, 9.17) is 0 Å². The maximum atomic E-state index is 10.7. The van der Waals surface area contributed by atoms with Gasteiger partial charge in [0.1, 0.15) is 0 Å². The Morgan fingerprint density at radius 3 is 1.46 bits per heavy atom. The average molecular weight is 1400 g/mol. The molecule has 0 unspecified atom stereocenters. The molecule has 4 aliphatic rings. The van der Waals surface area contributed by atoms with E-state index in [0.29, 0.717) is 5.69 Å². The van der Waals surface area contributed by atoms with E-state index in [-0.39, 0.29) is 61.7 Å². The molecule has 15 aromatic carbocycles. The molecular formula is C104H81BN4. The molecule has 5 heteroatoms. The van der Waals surface area contributed by atoms with E-state index >= 15 is 0 Å². The van der Waals surface area contributed by atoms with Crippen molar-refractivity contribution in [3.8, 4) is 89.6 Å². The van der Waals surface area contributed by atoms with Crippen molar-refractivity contribution in [2.75, 3.05) is 9.80 Å². The highest BCUT2D eigenvalue weighted by atomic mass is 15.2. The summed E-state index contributed by atoms with van der Waals surface area (Å²) in [7, 11) is 0. The number of nitriles is 1. The predicted octanol–water partition coefficient (Wildman–Crippen LogP) is 25.3. The fraction of sp³-hybridized carbons (Fsp3) is 0.125. The van der Waals surface area contributed by atoms with Gasteiger partial charge in [0.15, 0.2) is 0 Å². The Kier molecular flexibility index (Phi) is 13.1. The third-order valence-electron chi connectivity index (χ3n) is 23.5. The van der Waals surface area contributed by atoms with Crippen LogP contribution in [0.2, 0.25) is 0 Å².